The second-order valence-electron chi connectivity index (χ2n) is 2.32. The fourth-order valence-corrected chi connectivity index (χ4v) is 2.02. The van der Waals surface area contributed by atoms with Crippen LogP contribution in [0.4, 0.5) is 18.9 Å². The van der Waals surface area contributed by atoms with Gasteiger partial charge < -0.3 is 5.73 Å². The monoisotopic (exact) mass is 321 g/mol. The summed E-state index contributed by atoms with van der Waals surface area (Å²) < 4.78 is 37.1. The summed E-state index contributed by atoms with van der Waals surface area (Å²) in [6.45, 7) is 0. The van der Waals surface area contributed by atoms with Gasteiger partial charge in [-0.1, -0.05) is 11.6 Å². The van der Waals surface area contributed by atoms with Crippen LogP contribution < -0.4 is 5.73 Å². The Morgan fingerprint density at radius 1 is 1.31 bits per heavy atom. The summed E-state index contributed by atoms with van der Waals surface area (Å²) >= 11 is 7.00. The summed E-state index contributed by atoms with van der Waals surface area (Å²) in [6, 6.07) is 2.63. The highest BCUT2D eigenvalue weighted by molar-refractivity contribution is 14.1. The molecule has 0 aliphatic rings. The highest BCUT2D eigenvalue weighted by atomic mass is 127. The molecule has 0 aliphatic heterocycles. The predicted molar refractivity (Wildman–Crippen MR) is 53.6 cm³/mol. The number of rotatable bonds is 0. The van der Waals surface area contributed by atoms with E-state index in [1.807, 2.05) is 0 Å². The van der Waals surface area contributed by atoms with Crippen LogP contribution in [-0.2, 0) is 6.18 Å². The van der Waals surface area contributed by atoms with Crippen molar-refractivity contribution in [2.45, 2.75) is 6.18 Å². The van der Waals surface area contributed by atoms with Crippen LogP contribution in [0.15, 0.2) is 12.1 Å². The molecule has 1 aromatic rings. The molecule has 0 amide bonds. The fourth-order valence-electron chi connectivity index (χ4n) is 0.828. The minimum Gasteiger partial charge on any atom is -0.398 e. The Balaban J connectivity index is 3.43. The van der Waals surface area contributed by atoms with Gasteiger partial charge in [-0.2, -0.15) is 13.2 Å². The van der Waals surface area contributed by atoms with E-state index < -0.39 is 16.8 Å². The molecule has 0 saturated heterocycles. The number of hydrogen-bond donors (Lipinski definition) is 1. The van der Waals surface area contributed by atoms with Crippen LogP contribution >= 0.6 is 34.2 Å². The molecule has 1 aromatic carbocycles. The molecule has 0 radical (unpaired) electrons. The quantitative estimate of drug-likeness (QED) is 0.574. The van der Waals surface area contributed by atoms with Gasteiger partial charge in [-0.05, 0) is 34.7 Å². The number of alkyl halides is 3. The van der Waals surface area contributed by atoms with Crippen molar-refractivity contribution < 1.29 is 13.2 Å². The Labute approximate surface area is 91.2 Å². The lowest BCUT2D eigenvalue weighted by molar-refractivity contribution is -0.138. The van der Waals surface area contributed by atoms with Crippen molar-refractivity contribution in [1.29, 1.82) is 0 Å². The number of halogens is 5. The van der Waals surface area contributed by atoms with Crippen LogP contribution in [0.2, 0.25) is 5.02 Å². The van der Waals surface area contributed by atoms with Crippen LogP contribution in [0.25, 0.3) is 0 Å². The molecular weight excluding hydrogens is 317 g/mol. The number of nitrogen functional groups attached to an aromatic ring is 1. The third-order valence-corrected chi connectivity index (χ3v) is 2.71. The molecule has 0 unspecified atom stereocenters. The van der Waals surface area contributed by atoms with Crippen LogP contribution in [0.3, 0.4) is 0 Å². The van der Waals surface area contributed by atoms with Crippen molar-refractivity contribution in [3.8, 4) is 0 Å². The van der Waals surface area contributed by atoms with Crippen LogP contribution in [0.1, 0.15) is 5.56 Å². The van der Waals surface area contributed by atoms with E-state index in [0.717, 1.165) is 0 Å². The van der Waals surface area contributed by atoms with Crippen LogP contribution in [0, 0.1) is 3.57 Å². The lowest BCUT2D eigenvalue weighted by Crippen LogP contribution is -2.09. The maximum Gasteiger partial charge on any atom is 0.418 e. The first kappa shape index (κ1) is 10.9. The molecule has 6 heteroatoms. The van der Waals surface area contributed by atoms with E-state index in [0.29, 0.717) is 0 Å². The molecule has 0 aliphatic carbocycles. The van der Waals surface area contributed by atoms with E-state index in [9.17, 15) is 13.2 Å². The zero-order valence-electron chi connectivity index (χ0n) is 6.12. The van der Waals surface area contributed by atoms with Gasteiger partial charge in [0.2, 0.25) is 0 Å². The average molecular weight is 321 g/mol. The third kappa shape index (κ3) is 2.19. The van der Waals surface area contributed by atoms with Gasteiger partial charge in [0.25, 0.3) is 0 Å². The van der Waals surface area contributed by atoms with Gasteiger partial charge in [-0.15, -0.1) is 0 Å². The molecule has 0 bridgehead atoms. The summed E-state index contributed by atoms with van der Waals surface area (Å²) in [5.74, 6) is 0. The Hall–Kier alpha value is -0.170. The summed E-state index contributed by atoms with van der Waals surface area (Å²) in [7, 11) is 0. The molecule has 0 fully saturated rings. The minimum atomic E-state index is -4.46. The normalized spacial score (nSPS) is 11.8. The first-order valence-corrected chi connectivity index (χ1v) is 4.60. The molecule has 13 heavy (non-hydrogen) atoms. The van der Waals surface area contributed by atoms with Gasteiger partial charge in [-0.25, -0.2) is 0 Å². The van der Waals surface area contributed by atoms with E-state index in [1.54, 1.807) is 22.6 Å². The zero-order chi connectivity index (χ0) is 10.2. The predicted octanol–water partition coefficient (Wildman–Crippen LogP) is 3.55. The fraction of sp³-hybridized carbons (Fsp3) is 0.143. The van der Waals surface area contributed by atoms with E-state index >= 15 is 0 Å². The van der Waals surface area contributed by atoms with Gasteiger partial charge in [0.15, 0.2) is 0 Å². The van der Waals surface area contributed by atoms with Crippen molar-refractivity contribution >= 4 is 39.9 Å². The minimum absolute atomic E-state index is 0.0456. The molecule has 0 heterocycles. The zero-order valence-corrected chi connectivity index (χ0v) is 9.04. The Bertz CT molecular complexity index is 337. The second-order valence-corrected chi connectivity index (χ2v) is 3.86. The lowest BCUT2D eigenvalue weighted by atomic mass is 10.2. The highest BCUT2D eigenvalue weighted by Crippen LogP contribution is 2.40. The van der Waals surface area contributed by atoms with E-state index in [-0.39, 0.29) is 9.26 Å². The second kappa shape index (κ2) is 3.53. The molecule has 0 saturated carbocycles. The first-order valence-electron chi connectivity index (χ1n) is 3.14. The van der Waals surface area contributed by atoms with Gasteiger partial charge in [0.1, 0.15) is 0 Å². The molecule has 0 aromatic heterocycles. The summed E-state index contributed by atoms with van der Waals surface area (Å²) in [4.78, 5) is 0. The molecular formula is C7H4ClF3IN. The summed E-state index contributed by atoms with van der Waals surface area (Å²) in [5.41, 5.74) is 4.32. The van der Waals surface area contributed by atoms with Crippen LogP contribution in [-0.4, -0.2) is 0 Å². The average Bonchev–Trinajstić information content (AvgIpc) is 1.95. The largest absolute Gasteiger partial charge is 0.418 e. The topological polar surface area (TPSA) is 26.0 Å². The first-order chi connectivity index (χ1) is 5.84. The highest BCUT2D eigenvalue weighted by Gasteiger charge is 2.36. The molecule has 0 spiro atoms. The van der Waals surface area contributed by atoms with Gasteiger partial charge >= 0.3 is 6.18 Å². The van der Waals surface area contributed by atoms with E-state index in [2.05, 4.69) is 0 Å². The lowest BCUT2D eigenvalue weighted by Gasteiger charge is -2.12. The smallest absolute Gasteiger partial charge is 0.398 e. The number of hydrogen-bond acceptors (Lipinski definition) is 1. The van der Waals surface area contributed by atoms with E-state index in [4.69, 9.17) is 17.3 Å². The molecule has 1 nitrogen and oxygen atoms in total. The van der Waals surface area contributed by atoms with Crippen LogP contribution in [0.5, 0.6) is 0 Å². The Morgan fingerprint density at radius 2 is 1.85 bits per heavy atom. The maximum atomic E-state index is 12.3. The van der Waals surface area contributed by atoms with Gasteiger partial charge in [-0.3, -0.25) is 0 Å². The molecule has 1 rings (SSSR count). The van der Waals surface area contributed by atoms with Gasteiger partial charge in [0.05, 0.1) is 16.3 Å². The van der Waals surface area contributed by atoms with Crippen molar-refractivity contribution in [3.05, 3.63) is 26.3 Å². The van der Waals surface area contributed by atoms with E-state index in [1.165, 1.54) is 12.1 Å². The van der Waals surface area contributed by atoms with Crippen molar-refractivity contribution in [2.24, 2.45) is 0 Å². The molecule has 2 N–H and O–H groups in total. The van der Waals surface area contributed by atoms with Crippen molar-refractivity contribution in [3.63, 3.8) is 0 Å². The SMILES string of the molecule is Nc1ccc(I)c(C(F)(F)F)c1Cl. The maximum absolute atomic E-state index is 12.3. The summed E-state index contributed by atoms with van der Waals surface area (Å²) in [5, 5.41) is -0.431. The molecule has 0 atom stereocenters. The van der Waals surface area contributed by atoms with Crippen molar-refractivity contribution in [2.75, 3.05) is 5.73 Å². The number of benzene rings is 1. The number of anilines is 1. The third-order valence-electron chi connectivity index (χ3n) is 1.40. The standard InChI is InChI=1S/C7H4ClF3IN/c8-6-4(13)2-1-3(12)5(6)7(9,10)11/h1-2H,13H2. The molecule has 72 valence electrons. The Morgan fingerprint density at radius 3 is 2.23 bits per heavy atom. The summed E-state index contributed by atoms with van der Waals surface area (Å²) in [6.07, 6.45) is -4.46. The van der Waals surface area contributed by atoms with Crippen molar-refractivity contribution in [1.82, 2.24) is 0 Å². The Kier molecular flexibility index (Phi) is 2.96. The van der Waals surface area contributed by atoms with Gasteiger partial charge in [0, 0.05) is 3.57 Å². The number of nitrogens with two attached hydrogens (primary N) is 1.